The van der Waals surface area contributed by atoms with Crippen LogP contribution in [0.4, 0.5) is 0 Å². The quantitative estimate of drug-likeness (QED) is 0.810. The van der Waals surface area contributed by atoms with Crippen LogP contribution >= 0.6 is 0 Å². The van der Waals surface area contributed by atoms with Gasteiger partial charge >= 0.3 is 0 Å². The van der Waals surface area contributed by atoms with E-state index in [1.807, 2.05) is 18.7 Å². The summed E-state index contributed by atoms with van der Waals surface area (Å²) in [6.07, 6.45) is 5.09. The molecule has 1 aliphatic heterocycles. The third kappa shape index (κ3) is 5.71. The second-order valence-electron chi connectivity index (χ2n) is 5.17. The van der Waals surface area contributed by atoms with E-state index in [-0.39, 0.29) is 18.4 Å². The molecular weight excluding hydrogens is 216 g/mol. The van der Waals surface area contributed by atoms with Crippen molar-refractivity contribution in [3.8, 4) is 0 Å². The SMILES string of the molecule is CC(C)CC(=O)NCC(=O)N1CCCCCC1. The van der Waals surface area contributed by atoms with Gasteiger partial charge in [-0.2, -0.15) is 0 Å². The number of hydrogen-bond acceptors (Lipinski definition) is 2. The molecule has 0 saturated carbocycles. The first-order chi connectivity index (χ1) is 8.09. The van der Waals surface area contributed by atoms with Gasteiger partial charge in [0.05, 0.1) is 6.54 Å². The molecule has 0 aromatic heterocycles. The van der Waals surface area contributed by atoms with Crippen LogP contribution in [0.15, 0.2) is 0 Å². The van der Waals surface area contributed by atoms with Crippen molar-refractivity contribution in [3.63, 3.8) is 0 Å². The molecule has 0 radical (unpaired) electrons. The van der Waals surface area contributed by atoms with Gasteiger partial charge in [-0.25, -0.2) is 0 Å². The molecule has 1 heterocycles. The van der Waals surface area contributed by atoms with Crippen LogP contribution in [0.5, 0.6) is 0 Å². The largest absolute Gasteiger partial charge is 0.347 e. The summed E-state index contributed by atoms with van der Waals surface area (Å²) >= 11 is 0. The Kier molecular flexibility index (Phi) is 6.01. The summed E-state index contributed by atoms with van der Waals surface area (Å²) in [4.78, 5) is 25.2. The minimum Gasteiger partial charge on any atom is -0.347 e. The monoisotopic (exact) mass is 240 g/mol. The van der Waals surface area contributed by atoms with Crippen molar-refractivity contribution in [2.24, 2.45) is 5.92 Å². The van der Waals surface area contributed by atoms with Crippen LogP contribution in [0.1, 0.15) is 46.0 Å². The standard InChI is InChI=1S/C13H24N2O2/c1-11(2)9-12(16)14-10-13(17)15-7-5-3-4-6-8-15/h11H,3-10H2,1-2H3,(H,14,16). The van der Waals surface area contributed by atoms with Gasteiger partial charge in [-0.15, -0.1) is 0 Å². The molecule has 4 nitrogen and oxygen atoms in total. The average Bonchev–Trinajstić information content (AvgIpc) is 2.53. The zero-order valence-electron chi connectivity index (χ0n) is 11.0. The van der Waals surface area contributed by atoms with Gasteiger partial charge in [0.1, 0.15) is 0 Å². The topological polar surface area (TPSA) is 49.4 Å². The highest BCUT2D eigenvalue weighted by Crippen LogP contribution is 2.09. The molecule has 0 atom stereocenters. The lowest BCUT2D eigenvalue weighted by Crippen LogP contribution is -2.40. The van der Waals surface area contributed by atoms with Crippen LogP contribution in [-0.4, -0.2) is 36.3 Å². The molecule has 0 aromatic carbocycles. The maximum atomic E-state index is 11.9. The van der Waals surface area contributed by atoms with Gasteiger partial charge in [-0.3, -0.25) is 9.59 Å². The van der Waals surface area contributed by atoms with E-state index in [0.717, 1.165) is 25.9 Å². The molecule has 4 heteroatoms. The van der Waals surface area contributed by atoms with Crippen LogP contribution in [-0.2, 0) is 9.59 Å². The molecule has 1 rings (SSSR count). The Labute approximate surface area is 104 Å². The summed E-state index contributed by atoms with van der Waals surface area (Å²) in [6, 6.07) is 0. The summed E-state index contributed by atoms with van der Waals surface area (Å²) in [7, 11) is 0. The van der Waals surface area contributed by atoms with Crippen LogP contribution in [0, 0.1) is 5.92 Å². The fourth-order valence-corrected chi connectivity index (χ4v) is 2.05. The summed E-state index contributed by atoms with van der Waals surface area (Å²) in [6.45, 7) is 5.84. The molecule has 1 N–H and O–H groups in total. The Morgan fingerprint density at radius 1 is 1.12 bits per heavy atom. The van der Waals surface area contributed by atoms with Gasteiger partial charge in [-0.05, 0) is 18.8 Å². The number of carbonyl (C=O) groups excluding carboxylic acids is 2. The molecule has 2 amide bonds. The molecule has 0 aromatic rings. The highest BCUT2D eigenvalue weighted by Gasteiger charge is 2.16. The average molecular weight is 240 g/mol. The predicted molar refractivity (Wildman–Crippen MR) is 67.5 cm³/mol. The van der Waals surface area contributed by atoms with Crippen LogP contribution in [0.2, 0.25) is 0 Å². The van der Waals surface area contributed by atoms with Crippen molar-refractivity contribution in [2.75, 3.05) is 19.6 Å². The van der Waals surface area contributed by atoms with Gasteiger partial charge in [0, 0.05) is 19.5 Å². The van der Waals surface area contributed by atoms with Crippen LogP contribution in [0.25, 0.3) is 0 Å². The lowest BCUT2D eigenvalue weighted by Gasteiger charge is -2.20. The van der Waals surface area contributed by atoms with E-state index < -0.39 is 0 Å². The first-order valence-electron chi connectivity index (χ1n) is 6.64. The van der Waals surface area contributed by atoms with E-state index in [1.165, 1.54) is 12.8 Å². The van der Waals surface area contributed by atoms with Crippen molar-refractivity contribution in [1.82, 2.24) is 10.2 Å². The van der Waals surface area contributed by atoms with E-state index in [2.05, 4.69) is 5.32 Å². The summed E-state index contributed by atoms with van der Waals surface area (Å²) < 4.78 is 0. The van der Waals surface area contributed by atoms with Gasteiger partial charge < -0.3 is 10.2 Å². The number of amides is 2. The molecule has 98 valence electrons. The van der Waals surface area contributed by atoms with E-state index in [0.29, 0.717) is 12.3 Å². The number of rotatable bonds is 4. The Morgan fingerprint density at radius 2 is 1.71 bits per heavy atom. The van der Waals surface area contributed by atoms with Gasteiger partial charge in [0.25, 0.3) is 0 Å². The minimum atomic E-state index is -0.0248. The molecule has 1 saturated heterocycles. The minimum absolute atomic E-state index is 0.0248. The Morgan fingerprint density at radius 3 is 2.24 bits per heavy atom. The first kappa shape index (κ1) is 14.0. The zero-order valence-corrected chi connectivity index (χ0v) is 11.0. The van der Waals surface area contributed by atoms with Crippen molar-refractivity contribution < 1.29 is 9.59 Å². The number of hydrogen-bond donors (Lipinski definition) is 1. The third-order valence-corrected chi connectivity index (χ3v) is 2.99. The predicted octanol–water partition coefficient (Wildman–Crippen LogP) is 1.55. The Balaban J connectivity index is 2.25. The first-order valence-corrected chi connectivity index (χ1v) is 6.64. The van der Waals surface area contributed by atoms with E-state index >= 15 is 0 Å². The molecule has 1 fully saturated rings. The summed E-state index contributed by atoms with van der Waals surface area (Å²) in [5.74, 6) is 0.371. The van der Waals surface area contributed by atoms with Crippen molar-refractivity contribution in [3.05, 3.63) is 0 Å². The summed E-state index contributed by atoms with van der Waals surface area (Å²) in [5.41, 5.74) is 0. The molecule has 0 unspecified atom stereocenters. The highest BCUT2D eigenvalue weighted by atomic mass is 16.2. The highest BCUT2D eigenvalue weighted by molar-refractivity contribution is 5.84. The zero-order chi connectivity index (χ0) is 12.7. The second kappa shape index (κ2) is 7.30. The number of carbonyl (C=O) groups is 2. The van der Waals surface area contributed by atoms with Gasteiger partial charge in [0.2, 0.25) is 11.8 Å². The van der Waals surface area contributed by atoms with Crippen molar-refractivity contribution >= 4 is 11.8 Å². The third-order valence-electron chi connectivity index (χ3n) is 2.99. The van der Waals surface area contributed by atoms with Gasteiger partial charge in [0.15, 0.2) is 0 Å². The van der Waals surface area contributed by atoms with Crippen LogP contribution in [0.3, 0.4) is 0 Å². The molecular formula is C13H24N2O2. The number of likely N-dealkylation sites (tertiary alicyclic amines) is 1. The molecule has 0 aliphatic carbocycles. The van der Waals surface area contributed by atoms with Gasteiger partial charge in [-0.1, -0.05) is 26.7 Å². The second-order valence-corrected chi connectivity index (χ2v) is 5.17. The molecule has 17 heavy (non-hydrogen) atoms. The lowest BCUT2D eigenvalue weighted by atomic mass is 10.1. The Bertz CT molecular complexity index is 256. The van der Waals surface area contributed by atoms with Crippen LogP contribution < -0.4 is 5.32 Å². The lowest BCUT2D eigenvalue weighted by molar-refractivity contribution is -0.133. The Hall–Kier alpha value is -1.06. The fraction of sp³-hybridized carbons (Fsp3) is 0.846. The maximum absolute atomic E-state index is 11.9. The number of nitrogens with zero attached hydrogens (tertiary/aromatic N) is 1. The summed E-state index contributed by atoms with van der Waals surface area (Å²) in [5, 5.41) is 2.70. The number of nitrogens with one attached hydrogen (secondary N) is 1. The smallest absolute Gasteiger partial charge is 0.241 e. The van der Waals surface area contributed by atoms with E-state index in [9.17, 15) is 9.59 Å². The fourth-order valence-electron chi connectivity index (χ4n) is 2.05. The molecule has 0 spiro atoms. The molecule has 1 aliphatic rings. The normalized spacial score (nSPS) is 16.8. The van der Waals surface area contributed by atoms with E-state index in [1.54, 1.807) is 0 Å². The molecule has 0 bridgehead atoms. The van der Waals surface area contributed by atoms with E-state index in [4.69, 9.17) is 0 Å². The maximum Gasteiger partial charge on any atom is 0.241 e. The van der Waals surface area contributed by atoms with Crippen molar-refractivity contribution in [2.45, 2.75) is 46.0 Å². The van der Waals surface area contributed by atoms with Crippen molar-refractivity contribution in [1.29, 1.82) is 0 Å².